The lowest BCUT2D eigenvalue weighted by atomic mass is 9.68. The fourth-order valence-electron chi connectivity index (χ4n) is 6.58. The molecule has 2 atom stereocenters. The normalized spacial score (nSPS) is 26.5. The van der Waals surface area contributed by atoms with Gasteiger partial charge < -0.3 is 14.7 Å². The van der Waals surface area contributed by atoms with Crippen LogP contribution in [0.1, 0.15) is 64.1 Å². The Bertz CT molecular complexity index is 1160. The lowest BCUT2D eigenvalue weighted by Gasteiger charge is -2.54. The molecular weight excluding hydrogens is 479 g/mol. The molecule has 0 saturated carbocycles. The number of fused-ring (bicyclic) bond motifs is 4. The summed E-state index contributed by atoms with van der Waals surface area (Å²) in [4.78, 5) is 16.8. The summed E-state index contributed by atoms with van der Waals surface area (Å²) in [5.74, 6) is 0.583. The van der Waals surface area contributed by atoms with Gasteiger partial charge in [-0.2, -0.15) is 0 Å². The van der Waals surface area contributed by atoms with Gasteiger partial charge in [-0.3, -0.25) is 4.90 Å². The lowest BCUT2D eigenvalue weighted by molar-refractivity contribution is -0.0353. The van der Waals surface area contributed by atoms with Crippen LogP contribution in [0.4, 0.5) is 9.18 Å². The molecule has 1 amide bonds. The first-order valence-electron chi connectivity index (χ1n) is 13.1. The predicted molar refractivity (Wildman–Crippen MR) is 140 cm³/mol. The van der Waals surface area contributed by atoms with Crippen LogP contribution in [-0.4, -0.2) is 52.8 Å². The van der Waals surface area contributed by atoms with E-state index in [2.05, 4.69) is 18.7 Å². The number of halogens is 2. The van der Waals surface area contributed by atoms with E-state index < -0.39 is 12.1 Å². The lowest BCUT2D eigenvalue weighted by Crippen LogP contribution is -2.61. The largest absolute Gasteiger partial charge is 0.489 e. The molecule has 3 aliphatic heterocycles. The van der Waals surface area contributed by atoms with Gasteiger partial charge in [0.05, 0.1) is 23.2 Å². The van der Waals surface area contributed by atoms with E-state index in [0.29, 0.717) is 27.8 Å². The standard InChI is InChI=1S/C29H36ClFN2O3/c1-17(2)36-26-6-5-19(14-23(26)30)21-13-20-7-10-29(3,4)27(22(20)15-24(21)31)33(28(34)35)25-16-32-11-8-18(25)9-12-32/h5-6,13-15,17-18,25,27H,7-12,16H2,1-4H3,(H,34,35)/t25-,27+/m1/s1. The second-order valence-electron chi connectivity index (χ2n) is 11.6. The molecule has 2 aromatic rings. The van der Waals surface area contributed by atoms with E-state index in [1.54, 1.807) is 23.1 Å². The number of aryl methyl sites for hydroxylation is 1. The second kappa shape index (κ2) is 9.53. The average molecular weight is 515 g/mol. The molecule has 0 unspecified atom stereocenters. The van der Waals surface area contributed by atoms with Crippen molar-refractivity contribution in [3.8, 4) is 16.9 Å². The summed E-state index contributed by atoms with van der Waals surface area (Å²) >= 11 is 6.45. The van der Waals surface area contributed by atoms with Gasteiger partial charge in [0.25, 0.3) is 0 Å². The molecule has 7 heteroatoms. The van der Waals surface area contributed by atoms with Gasteiger partial charge in [0.1, 0.15) is 11.6 Å². The highest BCUT2D eigenvalue weighted by molar-refractivity contribution is 6.32. The molecule has 0 radical (unpaired) electrons. The van der Waals surface area contributed by atoms with Crippen LogP contribution >= 0.6 is 11.6 Å². The number of hydrogen-bond donors (Lipinski definition) is 1. The molecule has 4 aliphatic rings. The molecule has 6 rings (SSSR count). The molecular formula is C29H36ClFN2O3. The van der Waals surface area contributed by atoms with E-state index in [0.717, 1.165) is 56.4 Å². The van der Waals surface area contributed by atoms with Gasteiger partial charge in [0.2, 0.25) is 0 Å². The van der Waals surface area contributed by atoms with Crippen molar-refractivity contribution >= 4 is 17.7 Å². The quantitative estimate of drug-likeness (QED) is 0.465. The fourth-order valence-corrected chi connectivity index (χ4v) is 6.80. The molecule has 3 heterocycles. The smallest absolute Gasteiger partial charge is 0.408 e. The average Bonchev–Trinajstić information content (AvgIpc) is 2.82. The van der Waals surface area contributed by atoms with Crippen LogP contribution in [0, 0.1) is 17.2 Å². The van der Waals surface area contributed by atoms with Crippen LogP contribution in [0.2, 0.25) is 5.02 Å². The first kappa shape index (κ1) is 25.3. The molecule has 36 heavy (non-hydrogen) atoms. The minimum atomic E-state index is -0.906. The molecule has 2 aromatic carbocycles. The van der Waals surface area contributed by atoms with E-state index in [1.165, 1.54) is 0 Å². The third-order valence-corrected chi connectivity index (χ3v) is 8.68. The molecule has 194 valence electrons. The predicted octanol–water partition coefficient (Wildman–Crippen LogP) is 7.02. The van der Waals surface area contributed by atoms with Gasteiger partial charge in [-0.25, -0.2) is 9.18 Å². The Morgan fingerprint density at radius 1 is 1.22 bits per heavy atom. The highest BCUT2D eigenvalue weighted by Crippen LogP contribution is 2.50. The van der Waals surface area contributed by atoms with E-state index >= 15 is 4.39 Å². The Hall–Kier alpha value is -2.31. The third kappa shape index (κ3) is 4.58. The second-order valence-corrected chi connectivity index (χ2v) is 12.0. The van der Waals surface area contributed by atoms with Crippen molar-refractivity contribution < 1.29 is 19.0 Å². The zero-order chi connectivity index (χ0) is 25.8. The van der Waals surface area contributed by atoms with Crippen molar-refractivity contribution in [3.63, 3.8) is 0 Å². The number of carbonyl (C=O) groups is 1. The zero-order valence-electron chi connectivity index (χ0n) is 21.6. The zero-order valence-corrected chi connectivity index (χ0v) is 22.3. The number of nitrogens with zero attached hydrogens (tertiary/aromatic N) is 2. The van der Waals surface area contributed by atoms with E-state index in [4.69, 9.17) is 16.3 Å². The highest BCUT2D eigenvalue weighted by Gasteiger charge is 2.48. The van der Waals surface area contributed by atoms with Crippen molar-refractivity contribution in [2.45, 2.75) is 71.6 Å². The molecule has 1 N–H and O–H groups in total. The molecule has 0 spiro atoms. The Morgan fingerprint density at radius 2 is 1.94 bits per heavy atom. The van der Waals surface area contributed by atoms with Gasteiger partial charge in [0.15, 0.2) is 0 Å². The maximum Gasteiger partial charge on any atom is 0.408 e. The summed E-state index contributed by atoms with van der Waals surface area (Å²) in [5.41, 5.74) is 2.68. The van der Waals surface area contributed by atoms with Crippen LogP contribution in [0.25, 0.3) is 11.1 Å². The monoisotopic (exact) mass is 514 g/mol. The third-order valence-electron chi connectivity index (χ3n) is 8.39. The molecule has 1 aliphatic carbocycles. The molecule has 2 bridgehead atoms. The van der Waals surface area contributed by atoms with Crippen LogP contribution < -0.4 is 4.74 Å². The summed E-state index contributed by atoms with van der Waals surface area (Å²) in [7, 11) is 0. The molecule has 5 nitrogen and oxygen atoms in total. The van der Waals surface area contributed by atoms with Gasteiger partial charge >= 0.3 is 6.09 Å². The van der Waals surface area contributed by atoms with Crippen molar-refractivity contribution in [2.75, 3.05) is 19.6 Å². The highest BCUT2D eigenvalue weighted by atomic mass is 35.5. The number of rotatable bonds is 5. The number of benzene rings is 2. The van der Waals surface area contributed by atoms with Gasteiger partial charge in [0, 0.05) is 12.1 Å². The number of carboxylic acid groups (broad SMARTS) is 1. The van der Waals surface area contributed by atoms with Crippen molar-refractivity contribution in [2.24, 2.45) is 11.3 Å². The molecule has 3 saturated heterocycles. The van der Waals surface area contributed by atoms with Crippen LogP contribution in [0.3, 0.4) is 0 Å². The minimum Gasteiger partial charge on any atom is -0.489 e. The topological polar surface area (TPSA) is 53.0 Å². The fraction of sp³-hybridized carbons (Fsp3) is 0.552. The van der Waals surface area contributed by atoms with Crippen molar-refractivity contribution in [1.29, 1.82) is 0 Å². The first-order chi connectivity index (χ1) is 17.0. The Balaban J connectivity index is 1.54. The van der Waals surface area contributed by atoms with Crippen molar-refractivity contribution in [1.82, 2.24) is 9.80 Å². The number of piperidine rings is 3. The van der Waals surface area contributed by atoms with E-state index in [9.17, 15) is 9.90 Å². The van der Waals surface area contributed by atoms with E-state index in [-0.39, 0.29) is 23.4 Å². The summed E-state index contributed by atoms with van der Waals surface area (Å²) in [6.07, 6.45) is 2.75. The van der Waals surface area contributed by atoms with Crippen molar-refractivity contribution in [3.05, 3.63) is 52.3 Å². The van der Waals surface area contributed by atoms with Crippen LogP contribution in [0.15, 0.2) is 30.3 Å². The summed E-state index contributed by atoms with van der Waals surface area (Å²) < 4.78 is 21.5. The van der Waals surface area contributed by atoms with Gasteiger partial charge in [-0.1, -0.05) is 31.5 Å². The van der Waals surface area contributed by atoms with Crippen LogP contribution in [-0.2, 0) is 6.42 Å². The number of hydrogen-bond acceptors (Lipinski definition) is 3. The Morgan fingerprint density at radius 3 is 2.53 bits per heavy atom. The summed E-state index contributed by atoms with van der Waals surface area (Å²) in [6.45, 7) is 11.0. The number of ether oxygens (including phenoxy) is 1. The van der Waals surface area contributed by atoms with E-state index in [1.807, 2.05) is 26.0 Å². The summed E-state index contributed by atoms with van der Waals surface area (Å²) in [6, 6.07) is 8.38. The maximum absolute atomic E-state index is 15.7. The Kier molecular flexibility index (Phi) is 6.71. The van der Waals surface area contributed by atoms with Gasteiger partial charge in [-0.05, 0) is 105 Å². The minimum absolute atomic E-state index is 0.0116. The SMILES string of the molecule is CC(C)Oc1ccc(-c2cc3c(cc2F)[C@H](N(C(=O)O)[C@@H]2CN4CCC2CC4)C(C)(C)CC3)cc1Cl. The maximum atomic E-state index is 15.7. The Labute approximate surface area is 218 Å². The first-order valence-corrected chi connectivity index (χ1v) is 13.5. The molecule has 0 aromatic heterocycles. The van der Waals surface area contributed by atoms with Crippen LogP contribution in [0.5, 0.6) is 5.75 Å². The van der Waals surface area contributed by atoms with Gasteiger partial charge in [-0.15, -0.1) is 0 Å². The molecule has 3 fully saturated rings. The number of amides is 1. The summed E-state index contributed by atoms with van der Waals surface area (Å²) in [5, 5.41) is 10.9.